The maximum Gasteiger partial charge on any atom is 0.119 e. The summed E-state index contributed by atoms with van der Waals surface area (Å²) in [6.07, 6.45) is 0.735. The van der Waals surface area contributed by atoms with Crippen LogP contribution in [0.4, 0.5) is 0 Å². The first-order chi connectivity index (χ1) is 9.51. The Labute approximate surface area is 133 Å². The van der Waals surface area contributed by atoms with Crippen molar-refractivity contribution in [2.24, 2.45) is 5.73 Å². The van der Waals surface area contributed by atoms with Gasteiger partial charge in [0.1, 0.15) is 5.75 Å². The maximum absolute atomic E-state index is 6.30. The molecule has 0 aliphatic carbocycles. The van der Waals surface area contributed by atoms with Crippen molar-refractivity contribution in [1.82, 2.24) is 0 Å². The number of hydrogen-bond acceptors (Lipinski definition) is 2. The van der Waals surface area contributed by atoms with Crippen LogP contribution in [0.15, 0.2) is 40.9 Å². The highest BCUT2D eigenvalue weighted by atomic mass is 79.9. The van der Waals surface area contributed by atoms with Crippen LogP contribution in [0.5, 0.6) is 5.75 Å². The van der Waals surface area contributed by atoms with Gasteiger partial charge in [0.05, 0.1) is 7.11 Å². The minimum absolute atomic E-state index is 0.0747. The molecule has 0 aliphatic heterocycles. The van der Waals surface area contributed by atoms with E-state index < -0.39 is 0 Å². The molecule has 2 rings (SSSR count). The lowest BCUT2D eigenvalue weighted by molar-refractivity contribution is 0.414. The SMILES string of the molecule is COc1ccc(Br)c(CC(N)c2ccc(Cl)c(C)c2)c1. The molecule has 0 aromatic heterocycles. The summed E-state index contributed by atoms with van der Waals surface area (Å²) in [5.41, 5.74) is 9.56. The Morgan fingerprint density at radius 2 is 2.00 bits per heavy atom. The second kappa shape index (κ2) is 6.61. The van der Waals surface area contributed by atoms with Crippen LogP contribution in [-0.4, -0.2) is 7.11 Å². The third-order valence-electron chi connectivity index (χ3n) is 3.30. The first-order valence-electron chi connectivity index (χ1n) is 6.35. The average molecular weight is 355 g/mol. The van der Waals surface area contributed by atoms with Crippen molar-refractivity contribution in [3.05, 3.63) is 62.6 Å². The summed E-state index contributed by atoms with van der Waals surface area (Å²) in [5, 5.41) is 0.767. The van der Waals surface area contributed by atoms with Gasteiger partial charge in [-0.05, 0) is 54.3 Å². The quantitative estimate of drug-likeness (QED) is 0.866. The Kier molecular flexibility index (Phi) is 5.08. The number of halogens is 2. The van der Waals surface area contributed by atoms with Crippen LogP contribution in [0.25, 0.3) is 0 Å². The zero-order valence-electron chi connectivity index (χ0n) is 11.5. The molecule has 1 unspecified atom stereocenters. The Morgan fingerprint density at radius 1 is 1.25 bits per heavy atom. The molecule has 2 aromatic rings. The van der Waals surface area contributed by atoms with Gasteiger partial charge in [-0.1, -0.05) is 39.7 Å². The Hall–Kier alpha value is -1.03. The van der Waals surface area contributed by atoms with Gasteiger partial charge >= 0.3 is 0 Å². The van der Waals surface area contributed by atoms with Crippen LogP contribution in [0.1, 0.15) is 22.7 Å². The van der Waals surface area contributed by atoms with Gasteiger partial charge in [0.25, 0.3) is 0 Å². The fourth-order valence-corrected chi connectivity index (χ4v) is 2.61. The number of methoxy groups -OCH3 is 1. The molecule has 0 bridgehead atoms. The van der Waals surface area contributed by atoms with Crippen LogP contribution < -0.4 is 10.5 Å². The van der Waals surface area contributed by atoms with Gasteiger partial charge in [0, 0.05) is 15.5 Å². The molecule has 20 heavy (non-hydrogen) atoms. The van der Waals surface area contributed by atoms with E-state index in [2.05, 4.69) is 15.9 Å². The van der Waals surface area contributed by atoms with Crippen LogP contribution in [0, 0.1) is 6.92 Å². The van der Waals surface area contributed by atoms with Gasteiger partial charge in [-0.2, -0.15) is 0 Å². The zero-order valence-corrected chi connectivity index (χ0v) is 13.8. The number of hydrogen-bond donors (Lipinski definition) is 1. The molecule has 2 aromatic carbocycles. The van der Waals surface area contributed by atoms with Gasteiger partial charge in [-0.15, -0.1) is 0 Å². The molecule has 0 aliphatic rings. The van der Waals surface area contributed by atoms with Crippen LogP contribution in [0.2, 0.25) is 5.02 Å². The third kappa shape index (κ3) is 3.54. The molecule has 0 saturated carbocycles. The normalized spacial score (nSPS) is 12.2. The van der Waals surface area contributed by atoms with Gasteiger partial charge in [0.2, 0.25) is 0 Å². The minimum atomic E-state index is -0.0747. The molecule has 4 heteroatoms. The van der Waals surface area contributed by atoms with Crippen molar-refractivity contribution < 1.29 is 4.74 Å². The van der Waals surface area contributed by atoms with Crippen molar-refractivity contribution in [1.29, 1.82) is 0 Å². The summed E-state index contributed by atoms with van der Waals surface area (Å²) in [4.78, 5) is 0. The fraction of sp³-hybridized carbons (Fsp3) is 0.250. The third-order valence-corrected chi connectivity index (χ3v) is 4.50. The summed E-state index contributed by atoms with van der Waals surface area (Å²) in [6, 6.07) is 11.8. The lowest BCUT2D eigenvalue weighted by Crippen LogP contribution is -2.14. The van der Waals surface area contributed by atoms with Crippen LogP contribution in [0.3, 0.4) is 0 Å². The highest BCUT2D eigenvalue weighted by Crippen LogP contribution is 2.27. The number of benzene rings is 2. The van der Waals surface area contributed by atoms with Crippen molar-refractivity contribution >= 4 is 27.5 Å². The summed E-state index contributed by atoms with van der Waals surface area (Å²) in [7, 11) is 1.66. The predicted octanol–water partition coefficient (Wildman–Crippen LogP) is 4.66. The lowest BCUT2D eigenvalue weighted by Gasteiger charge is -2.15. The summed E-state index contributed by atoms with van der Waals surface area (Å²) in [5.74, 6) is 0.836. The lowest BCUT2D eigenvalue weighted by atomic mass is 9.98. The van der Waals surface area contributed by atoms with Crippen molar-refractivity contribution in [3.63, 3.8) is 0 Å². The first-order valence-corrected chi connectivity index (χ1v) is 7.52. The number of nitrogens with two attached hydrogens (primary N) is 1. The second-order valence-corrected chi connectivity index (χ2v) is 6.04. The monoisotopic (exact) mass is 353 g/mol. The van der Waals surface area contributed by atoms with Gasteiger partial charge in [-0.25, -0.2) is 0 Å². The van der Waals surface area contributed by atoms with Gasteiger partial charge in [-0.3, -0.25) is 0 Å². The smallest absolute Gasteiger partial charge is 0.119 e. The molecule has 0 fully saturated rings. The van der Waals surface area contributed by atoms with E-state index in [1.165, 1.54) is 0 Å². The molecule has 106 valence electrons. The first kappa shape index (κ1) is 15.4. The number of ether oxygens (including phenoxy) is 1. The van der Waals surface area contributed by atoms with E-state index in [0.29, 0.717) is 0 Å². The van der Waals surface area contributed by atoms with E-state index in [1.807, 2.05) is 43.3 Å². The highest BCUT2D eigenvalue weighted by Gasteiger charge is 2.11. The van der Waals surface area contributed by atoms with Crippen molar-refractivity contribution in [2.75, 3.05) is 7.11 Å². The van der Waals surface area contributed by atoms with Crippen LogP contribution in [-0.2, 0) is 6.42 Å². The minimum Gasteiger partial charge on any atom is -0.497 e. The molecular formula is C16H17BrClNO. The summed E-state index contributed by atoms with van der Waals surface area (Å²) >= 11 is 9.60. The average Bonchev–Trinajstić information content (AvgIpc) is 2.44. The molecule has 0 heterocycles. The maximum atomic E-state index is 6.30. The van der Waals surface area contributed by atoms with E-state index in [1.54, 1.807) is 7.11 Å². The standard InChI is InChI=1S/C16H17BrClNO/c1-10-7-11(3-6-15(10)18)16(19)9-12-8-13(20-2)4-5-14(12)17/h3-8,16H,9,19H2,1-2H3. The Bertz CT molecular complexity index is 615. The molecule has 2 nitrogen and oxygen atoms in total. The highest BCUT2D eigenvalue weighted by molar-refractivity contribution is 9.10. The molecule has 2 N–H and O–H groups in total. The Balaban J connectivity index is 2.22. The molecular weight excluding hydrogens is 338 g/mol. The van der Waals surface area contributed by atoms with Crippen molar-refractivity contribution in [2.45, 2.75) is 19.4 Å². The second-order valence-electron chi connectivity index (χ2n) is 4.78. The fourth-order valence-electron chi connectivity index (χ4n) is 2.09. The van der Waals surface area contributed by atoms with E-state index in [-0.39, 0.29) is 6.04 Å². The van der Waals surface area contributed by atoms with Gasteiger partial charge < -0.3 is 10.5 Å². The molecule has 0 amide bonds. The van der Waals surface area contributed by atoms with Crippen LogP contribution >= 0.6 is 27.5 Å². The number of rotatable bonds is 4. The summed E-state index contributed by atoms with van der Waals surface area (Å²) < 4.78 is 6.29. The van der Waals surface area contributed by atoms with E-state index in [0.717, 1.165) is 38.4 Å². The number of aryl methyl sites for hydroxylation is 1. The Morgan fingerprint density at radius 3 is 2.65 bits per heavy atom. The summed E-state index contributed by atoms with van der Waals surface area (Å²) in [6.45, 7) is 1.99. The topological polar surface area (TPSA) is 35.2 Å². The molecule has 1 atom stereocenters. The largest absolute Gasteiger partial charge is 0.497 e. The zero-order chi connectivity index (χ0) is 14.7. The van der Waals surface area contributed by atoms with E-state index >= 15 is 0 Å². The van der Waals surface area contributed by atoms with E-state index in [9.17, 15) is 0 Å². The van der Waals surface area contributed by atoms with Crippen molar-refractivity contribution in [3.8, 4) is 5.75 Å². The molecule has 0 radical (unpaired) electrons. The predicted molar refractivity (Wildman–Crippen MR) is 87.5 cm³/mol. The molecule has 0 saturated heterocycles. The van der Waals surface area contributed by atoms with E-state index in [4.69, 9.17) is 22.1 Å². The molecule has 0 spiro atoms. The van der Waals surface area contributed by atoms with Gasteiger partial charge in [0.15, 0.2) is 0 Å².